The lowest BCUT2D eigenvalue weighted by Crippen LogP contribution is -2.28. The topological polar surface area (TPSA) is 68.8 Å². The summed E-state index contributed by atoms with van der Waals surface area (Å²) >= 11 is 0. The van der Waals surface area contributed by atoms with Crippen molar-refractivity contribution in [3.63, 3.8) is 0 Å². The number of nitrogens with zero attached hydrogens (tertiary/aromatic N) is 3. The van der Waals surface area contributed by atoms with Gasteiger partial charge in [-0.2, -0.15) is 9.61 Å². The highest BCUT2D eigenvalue weighted by Gasteiger charge is 2.13. The number of benzene rings is 1. The van der Waals surface area contributed by atoms with E-state index in [2.05, 4.69) is 5.10 Å². The van der Waals surface area contributed by atoms with Crippen LogP contribution in [0.3, 0.4) is 0 Å². The minimum absolute atomic E-state index is 0.169. The fraction of sp³-hybridized carbons (Fsp3) is 0.368. The molecule has 132 valence electrons. The molecule has 6 heteroatoms. The molecule has 25 heavy (non-hydrogen) atoms. The number of aryl methyl sites for hydroxylation is 4. The molecule has 0 aliphatic rings. The van der Waals surface area contributed by atoms with E-state index in [0.29, 0.717) is 12.2 Å². The summed E-state index contributed by atoms with van der Waals surface area (Å²) in [5.74, 6) is 0.770. The fourth-order valence-corrected chi connectivity index (χ4v) is 2.99. The highest BCUT2D eigenvalue weighted by molar-refractivity contribution is 5.41. The zero-order chi connectivity index (χ0) is 18.1. The summed E-state index contributed by atoms with van der Waals surface area (Å²) in [7, 11) is 0. The Morgan fingerprint density at radius 1 is 1.16 bits per heavy atom. The van der Waals surface area contributed by atoms with E-state index in [4.69, 9.17) is 4.74 Å². The summed E-state index contributed by atoms with van der Waals surface area (Å²) in [4.78, 5) is 12.0. The molecule has 1 atom stereocenters. The molecule has 3 rings (SSSR count). The van der Waals surface area contributed by atoms with E-state index in [-0.39, 0.29) is 12.2 Å². The third-order valence-electron chi connectivity index (χ3n) is 4.21. The second-order valence-corrected chi connectivity index (χ2v) is 6.52. The van der Waals surface area contributed by atoms with Gasteiger partial charge in [0.15, 0.2) is 0 Å². The van der Waals surface area contributed by atoms with Crippen molar-refractivity contribution in [3.8, 4) is 5.75 Å². The van der Waals surface area contributed by atoms with Crippen LogP contribution in [-0.2, 0) is 6.54 Å². The zero-order valence-electron chi connectivity index (χ0n) is 15.0. The summed E-state index contributed by atoms with van der Waals surface area (Å²) in [6, 6.07) is 9.31. The summed E-state index contributed by atoms with van der Waals surface area (Å²) in [6.45, 7) is 8.20. The average molecular weight is 341 g/mol. The molecule has 1 aromatic carbocycles. The van der Waals surface area contributed by atoms with E-state index in [1.165, 1.54) is 16.1 Å². The second-order valence-electron chi connectivity index (χ2n) is 6.52. The molecular weight excluding hydrogens is 318 g/mol. The molecule has 3 aromatic rings. The molecule has 6 nitrogen and oxygen atoms in total. The molecule has 2 heterocycles. The largest absolute Gasteiger partial charge is 0.491 e. The van der Waals surface area contributed by atoms with Crippen molar-refractivity contribution in [1.82, 2.24) is 14.2 Å². The first-order valence-electron chi connectivity index (χ1n) is 8.30. The van der Waals surface area contributed by atoms with Gasteiger partial charge in [0.05, 0.1) is 12.2 Å². The van der Waals surface area contributed by atoms with E-state index >= 15 is 0 Å². The van der Waals surface area contributed by atoms with E-state index in [0.717, 1.165) is 22.7 Å². The van der Waals surface area contributed by atoms with Crippen molar-refractivity contribution in [2.24, 2.45) is 0 Å². The van der Waals surface area contributed by atoms with Gasteiger partial charge in [-0.25, -0.2) is 0 Å². The smallest absolute Gasteiger partial charge is 0.274 e. The lowest BCUT2D eigenvalue weighted by atomic mass is 10.1. The molecule has 2 aromatic heterocycles. The van der Waals surface area contributed by atoms with Gasteiger partial charge in [-0.3, -0.25) is 4.79 Å². The van der Waals surface area contributed by atoms with Gasteiger partial charge in [0.25, 0.3) is 5.56 Å². The third kappa shape index (κ3) is 3.58. The van der Waals surface area contributed by atoms with Crippen molar-refractivity contribution in [2.45, 2.75) is 40.3 Å². The maximum atomic E-state index is 12.0. The number of rotatable bonds is 5. The van der Waals surface area contributed by atoms with Gasteiger partial charge in [0.2, 0.25) is 0 Å². The minimum Gasteiger partial charge on any atom is -0.491 e. The van der Waals surface area contributed by atoms with Gasteiger partial charge in [0, 0.05) is 17.8 Å². The first-order valence-corrected chi connectivity index (χ1v) is 8.30. The van der Waals surface area contributed by atoms with Gasteiger partial charge in [0.1, 0.15) is 24.1 Å². The van der Waals surface area contributed by atoms with Crippen LogP contribution in [0.25, 0.3) is 5.65 Å². The number of aliphatic hydroxyl groups excluding tert-OH is 1. The van der Waals surface area contributed by atoms with Gasteiger partial charge in [-0.15, -0.1) is 0 Å². The summed E-state index contributed by atoms with van der Waals surface area (Å²) in [5, 5.41) is 14.6. The molecule has 0 bridgehead atoms. The quantitative estimate of drug-likeness (QED) is 0.772. The molecule has 0 radical (unpaired) electrons. The molecule has 0 unspecified atom stereocenters. The summed E-state index contributed by atoms with van der Waals surface area (Å²) < 4.78 is 9.01. The molecule has 1 N–H and O–H groups in total. The van der Waals surface area contributed by atoms with Crippen LogP contribution in [0.1, 0.15) is 22.5 Å². The van der Waals surface area contributed by atoms with Crippen molar-refractivity contribution < 1.29 is 9.84 Å². The van der Waals surface area contributed by atoms with Crippen LogP contribution < -0.4 is 10.3 Å². The average Bonchev–Trinajstić information content (AvgIpc) is 2.93. The summed E-state index contributed by atoms with van der Waals surface area (Å²) in [5.41, 5.74) is 4.26. The van der Waals surface area contributed by atoms with Gasteiger partial charge < -0.3 is 14.4 Å². The maximum Gasteiger partial charge on any atom is 0.274 e. The van der Waals surface area contributed by atoms with Crippen LogP contribution in [-0.4, -0.2) is 32.0 Å². The normalized spacial score (nSPS) is 12.5. The van der Waals surface area contributed by atoms with Gasteiger partial charge >= 0.3 is 0 Å². The van der Waals surface area contributed by atoms with E-state index in [1.54, 1.807) is 0 Å². The molecule has 0 spiro atoms. The molecule has 0 aliphatic heterocycles. The van der Waals surface area contributed by atoms with E-state index in [1.807, 2.05) is 56.5 Å². The standard InChI is InChI=1S/C19H23N3O3/c1-12-5-6-17(13(2)7-12)25-11-16(23)10-21-15(4)9-19(24)22-18(21)8-14(3)20-22/h5-9,16,23H,10-11H2,1-4H3/t16-/m0/s1. The third-order valence-corrected chi connectivity index (χ3v) is 4.21. The van der Waals surface area contributed by atoms with E-state index < -0.39 is 6.10 Å². The Morgan fingerprint density at radius 2 is 1.92 bits per heavy atom. The number of ether oxygens (including phenoxy) is 1. The minimum atomic E-state index is -0.707. The van der Waals surface area contributed by atoms with Crippen LogP contribution in [0.2, 0.25) is 0 Å². The monoisotopic (exact) mass is 341 g/mol. The molecule has 0 saturated heterocycles. The number of fused-ring (bicyclic) bond motifs is 1. The van der Waals surface area contributed by atoms with Gasteiger partial charge in [-0.05, 0) is 39.3 Å². The predicted octanol–water partition coefficient (Wildman–Crippen LogP) is 2.17. The fourth-order valence-electron chi connectivity index (χ4n) is 2.99. The molecule has 0 fully saturated rings. The number of aliphatic hydroxyl groups is 1. The molecule has 0 amide bonds. The Bertz CT molecular complexity index is 972. The SMILES string of the molecule is Cc1ccc(OC[C@@H](O)Cn2c(C)cc(=O)n3nc(C)cc23)c(C)c1. The molecule has 0 saturated carbocycles. The second kappa shape index (κ2) is 6.72. The number of hydrogen-bond donors (Lipinski definition) is 1. The molecule has 0 aliphatic carbocycles. The Kier molecular flexibility index (Phi) is 4.63. The Morgan fingerprint density at radius 3 is 2.64 bits per heavy atom. The van der Waals surface area contributed by atoms with Crippen LogP contribution in [0.4, 0.5) is 0 Å². The molecular formula is C19H23N3O3. The Balaban J connectivity index is 1.78. The predicted molar refractivity (Wildman–Crippen MR) is 96.3 cm³/mol. The maximum absolute atomic E-state index is 12.0. The highest BCUT2D eigenvalue weighted by Crippen LogP contribution is 2.19. The van der Waals surface area contributed by atoms with Crippen LogP contribution in [0.15, 0.2) is 35.1 Å². The van der Waals surface area contributed by atoms with Crippen LogP contribution in [0, 0.1) is 27.7 Å². The van der Waals surface area contributed by atoms with Crippen molar-refractivity contribution >= 4 is 5.65 Å². The summed E-state index contributed by atoms with van der Waals surface area (Å²) in [6.07, 6.45) is -0.707. The van der Waals surface area contributed by atoms with Crippen LogP contribution in [0.5, 0.6) is 5.75 Å². The highest BCUT2D eigenvalue weighted by atomic mass is 16.5. The number of hydrogen-bond acceptors (Lipinski definition) is 4. The van der Waals surface area contributed by atoms with Crippen LogP contribution >= 0.6 is 0 Å². The number of aromatic nitrogens is 3. The lowest BCUT2D eigenvalue weighted by molar-refractivity contribution is 0.0923. The lowest BCUT2D eigenvalue weighted by Gasteiger charge is -2.18. The van der Waals surface area contributed by atoms with E-state index in [9.17, 15) is 9.90 Å². The Hall–Kier alpha value is -2.60. The first-order chi connectivity index (χ1) is 11.8. The van der Waals surface area contributed by atoms with Crippen molar-refractivity contribution in [3.05, 3.63) is 63.2 Å². The van der Waals surface area contributed by atoms with Crippen molar-refractivity contribution in [2.75, 3.05) is 6.61 Å². The first kappa shape index (κ1) is 17.2. The van der Waals surface area contributed by atoms with Gasteiger partial charge in [-0.1, -0.05) is 17.7 Å². The zero-order valence-corrected chi connectivity index (χ0v) is 15.0. The Labute approximate surface area is 146 Å². The van der Waals surface area contributed by atoms with Crippen molar-refractivity contribution in [1.29, 1.82) is 0 Å².